The van der Waals surface area contributed by atoms with E-state index in [0.717, 1.165) is 29.1 Å². The molecular weight excluding hydrogens is 548 g/mol. The highest BCUT2D eigenvalue weighted by molar-refractivity contribution is 5.86. The maximum absolute atomic E-state index is 12.6. The summed E-state index contributed by atoms with van der Waals surface area (Å²) in [6.45, 7) is 13.1. The standard InChI is InChI=1S/C31H42N8O4/c1-7-23-32-21-10-8-9-11-22(21)39(23)28-34-25-24(26(35-28)37-16-18-42-19-17-37)33-27(36(25)6)31(5,41)20-12-14-38(15-13-20)29(40)43-30(2,3)4/h8-11,20,41H,7,12-19H2,1-6H3. The molecule has 6 rings (SSSR count). The molecule has 0 saturated carbocycles. The lowest BCUT2D eigenvalue weighted by atomic mass is 9.81. The number of aromatic nitrogens is 6. The van der Waals surface area contributed by atoms with Gasteiger partial charge in [-0.3, -0.25) is 4.57 Å². The Labute approximate surface area is 251 Å². The number of fused-ring (bicyclic) bond motifs is 2. The van der Waals surface area contributed by atoms with E-state index in [2.05, 4.69) is 11.8 Å². The number of piperidine rings is 1. The molecule has 0 bridgehead atoms. The number of aryl methyl sites for hydroxylation is 2. The van der Waals surface area contributed by atoms with Gasteiger partial charge < -0.3 is 28.9 Å². The minimum absolute atomic E-state index is 0.106. The molecule has 4 aromatic rings. The Bertz CT molecular complexity index is 1640. The third-order valence-electron chi connectivity index (χ3n) is 8.54. The fourth-order valence-corrected chi connectivity index (χ4v) is 6.25. The van der Waals surface area contributed by atoms with Crippen molar-refractivity contribution >= 4 is 34.1 Å². The van der Waals surface area contributed by atoms with Crippen molar-refractivity contribution < 1.29 is 19.4 Å². The van der Waals surface area contributed by atoms with Crippen LogP contribution in [-0.4, -0.2) is 90.2 Å². The van der Waals surface area contributed by atoms with Crippen LogP contribution in [0.25, 0.3) is 28.1 Å². The zero-order valence-corrected chi connectivity index (χ0v) is 26.0. The fraction of sp³-hybridized carbons (Fsp3) is 0.581. The van der Waals surface area contributed by atoms with Gasteiger partial charge in [0.2, 0.25) is 5.95 Å². The van der Waals surface area contributed by atoms with Gasteiger partial charge >= 0.3 is 6.09 Å². The summed E-state index contributed by atoms with van der Waals surface area (Å²) in [6.07, 6.45) is 1.66. The molecule has 0 spiro atoms. The molecule has 1 N–H and O–H groups in total. The third-order valence-corrected chi connectivity index (χ3v) is 8.54. The molecule has 2 saturated heterocycles. The number of anilines is 1. The third kappa shape index (κ3) is 5.42. The van der Waals surface area contributed by atoms with Crippen LogP contribution in [0.3, 0.4) is 0 Å². The number of para-hydroxylation sites is 2. The number of ether oxygens (including phenoxy) is 2. The smallest absolute Gasteiger partial charge is 0.410 e. The lowest BCUT2D eigenvalue weighted by Crippen LogP contribution is -2.46. The number of rotatable bonds is 5. The second-order valence-corrected chi connectivity index (χ2v) is 12.7. The maximum Gasteiger partial charge on any atom is 0.410 e. The highest BCUT2D eigenvalue weighted by Crippen LogP contribution is 2.38. The number of imidazole rings is 2. The summed E-state index contributed by atoms with van der Waals surface area (Å²) in [5, 5.41) is 12.1. The van der Waals surface area contributed by atoms with E-state index >= 15 is 0 Å². The van der Waals surface area contributed by atoms with Gasteiger partial charge in [0.05, 0.1) is 24.2 Å². The fourth-order valence-electron chi connectivity index (χ4n) is 6.25. The number of amides is 1. The Morgan fingerprint density at radius 2 is 1.72 bits per heavy atom. The van der Waals surface area contributed by atoms with Gasteiger partial charge in [-0.05, 0) is 58.6 Å². The number of aliphatic hydroxyl groups is 1. The predicted octanol–water partition coefficient (Wildman–Crippen LogP) is 3.96. The van der Waals surface area contributed by atoms with Crippen molar-refractivity contribution in [3.63, 3.8) is 0 Å². The molecule has 230 valence electrons. The number of carbonyl (C=O) groups excluding carboxylic acids is 1. The van der Waals surface area contributed by atoms with Crippen LogP contribution in [0.5, 0.6) is 0 Å². The van der Waals surface area contributed by atoms with Crippen molar-refractivity contribution in [1.29, 1.82) is 0 Å². The number of hydrogen-bond donors (Lipinski definition) is 1. The number of likely N-dealkylation sites (tertiary alicyclic amines) is 1. The first-order chi connectivity index (χ1) is 20.5. The molecule has 43 heavy (non-hydrogen) atoms. The highest BCUT2D eigenvalue weighted by atomic mass is 16.6. The van der Waals surface area contributed by atoms with E-state index in [-0.39, 0.29) is 12.0 Å². The Morgan fingerprint density at radius 3 is 2.40 bits per heavy atom. The molecule has 1 aromatic carbocycles. The summed E-state index contributed by atoms with van der Waals surface area (Å²) in [5.41, 5.74) is 1.32. The van der Waals surface area contributed by atoms with E-state index < -0.39 is 11.2 Å². The van der Waals surface area contributed by atoms with Gasteiger partial charge in [-0.15, -0.1) is 0 Å². The largest absolute Gasteiger partial charge is 0.444 e. The minimum Gasteiger partial charge on any atom is -0.444 e. The molecule has 2 fully saturated rings. The molecule has 1 amide bonds. The average molecular weight is 591 g/mol. The second kappa shape index (κ2) is 11.1. The summed E-state index contributed by atoms with van der Waals surface area (Å²) < 4.78 is 15.1. The van der Waals surface area contributed by atoms with E-state index in [1.807, 2.05) is 68.1 Å². The number of carbonyl (C=O) groups is 1. The van der Waals surface area contributed by atoms with Crippen molar-refractivity contribution in [2.75, 3.05) is 44.3 Å². The van der Waals surface area contributed by atoms with E-state index in [9.17, 15) is 9.90 Å². The number of morpholine rings is 1. The quantitative estimate of drug-likeness (QED) is 0.368. The van der Waals surface area contributed by atoms with Gasteiger partial charge in [-0.25, -0.2) is 14.8 Å². The Balaban J connectivity index is 1.40. The van der Waals surface area contributed by atoms with E-state index in [1.54, 1.807) is 4.90 Å². The van der Waals surface area contributed by atoms with Crippen molar-refractivity contribution in [1.82, 2.24) is 34.0 Å². The van der Waals surface area contributed by atoms with Gasteiger partial charge in [0.1, 0.15) is 22.9 Å². The molecule has 5 heterocycles. The Morgan fingerprint density at radius 1 is 1.02 bits per heavy atom. The summed E-state index contributed by atoms with van der Waals surface area (Å²) in [6, 6.07) is 8.01. The monoisotopic (exact) mass is 590 g/mol. The molecule has 12 heteroatoms. The molecule has 2 aliphatic heterocycles. The molecule has 1 unspecified atom stereocenters. The molecule has 2 aliphatic rings. The molecule has 1 atom stereocenters. The topological polar surface area (TPSA) is 124 Å². The first-order valence-electron chi connectivity index (χ1n) is 15.2. The summed E-state index contributed by atoms with van der Waals surface area (Å²) in [5.74, 6) is 2.55. The van der Waals surface area contributed by atoms with Crippen LogP contribution in [0.15, 0.2) is 24.3 Å². The number of nitrogens with zero attached hydrogens (tertiary/aromatic N) is 8. The lowest BCUT2D eigenvalue weighted by Gasteiger charge is -2.39. The zero-order chi connectivity index (χ0) is 30.5. The van der Waals surface area contributed by atoms with Gasteiger partial charge in [0, 0.05) is 39.6 Å². The molecule has 0 aliphatic carbocycles. The lowest BCUT2D eigenvalue weighted by molar-refractivity contribution is -0.0455. The summed E-state index contributed by atoms with van der Waals surface area (Å²) >= 11 is 0. The van der Waals surface area contributed by atoms with Crippen LogP contribution in [0, 0.1) is 5.92 Å². The number of benzene rings is 1. The Hall–Kier alpha value is -3.77. The molecule has 12 nitrogen and oxygen atoms in total. The summed E-state index contributed by atoms with van der Waals surface area (Å²) in [7, 11) is 1.90. The van der Waals surface area contributed by atoms with Crippen molar-refractivity contribution in [2.24, 2.45) is 13.0 Å². The highest BCUT2D eigenvalue weighted by Gasteiger charge is 2.41. The zero-order valence-electron chi connectivity index (χ0n) is 26.0. The summed E-state index contributed by atoms with van der Waals surface area (Å²) in [4.78, 5) is 36.6. The van der Waals surface area contributed by atoms with Crippen LogP contribution >= 0.6 is 0 Å². The average Bonchev–Trinajstić information content (AvgIpc) is 3.54. The first-order valence-corrected chi connectivity index (χ1v) is 15.2. The van der Waals surface area contributed by atoms with Gasteiger partial charge in [0.25, 0.3) is 0 Å². The van der Waals surface area contributed by atoms with Crippen LogP contribution < -0.4 is 4.90 Å². The van der Waals surface area contributed by atoms with E-state index in [0.29, 0.717) is 75.2 Å². The van der Waals surface area contributed by atoms with Crippen LogP contribution in [0.2, 0.25) is 0 Å². The molecular formula is C31H42N8O4. The van der Waals surface area contributed by atoms with Gasteiger partial charge in [-0.2, -0.15) is 9.97 Å². The van der Waals surface area contributed by atoms with Crippen molar-refractivity contribution in [3.8, 4) is 5.95 Å². The Kier molecular flexibility index (Phi) is 7.54. The van der Waals surface area contributed by atoms with Crippen molar-refractivity contribution in [3.05, 3.63) is 35.9 Å². The van der Waals surface area contributed by atoms with E-state index in [4.69, 9.17) is 29.4 Å². The molecule has 0 radical (unpaired) electrons. The van der Waals surface area contributed by atoms with Crippen LogP contribution in [-0.2, 0) is 28.5 Å². The normalized spacial score (nSPS) is 18.4. The SMILES string of the molecule is CCc1nc2ccccc2n1-c1nc(N2CCOCC2)c2nc(C(C)(O)C3CCN(C(=O)OC(C)(C)C)CC3)n(C)c2n1. The minimum atomic E-state index is -1.26. The van der Waals surface area contributed by atoms with Crippen molar-refractivity contribution in [2.45, 2.75) is 65.1 Å². The molecule has 3 aromatic heterocycles. The van der Waals surface area contributed by atoms with Gasteiger partial charge in [-0.1, -0.05) is 19.1 Å². The van der Waals surface area contributed by atoms with Gasteiger partial charge in [0.15, 0.2) is 17.0 Å². The van der Waals surface area contributed by atoms with Crippen LogP contribution in [0.1, 0.15) is 59.1 Å². The second-order valence-electron chi connectivity index (χ2n) is 12.7. The maximum atomic E-state index is 12.6. The number of hydrogen-bond acceptors (Lipinski definition) is 9. The first kappa shape index (κ1) is 29.3. The predicted molar refractivity (Wildman–Crippen MR) is 163 cm³/mol. The van der Waals surface area contributed by atoms with Crippen LogP contribution in [0.4, 0.5) is 10.6 Å². The van der Waals surface area contributed by atoms with E-state index in [1.165, 1.54) is 0 Å².